The second-order valence-electron chi connectivity index (χ2n) is 4.25. The Morgan fingerprint density at radius 3 is 2.42 bits per heavy atom. The van der Waals surface area contributed by atoms with Gasteiger partial charge in [-0.3, -0.25) is 0 Å². The highest BCUT2D eigenvalue weighted by molar-refractivity contribution is 9.10. The van der Waals surface area contributed by atoms with E-state index in [1.165, 1.54) is 4.88 Å². The second-order valence-corrected chi connectivity index (χ2v) is 7.03. The van der Waals surface area contributed by atoms with Crippen molar-refractivity contribution in [3.05, 3.63) is 54.6 Å². The van der Waals surface area contributed by atoms with Crippen molar-refractivity contribution in [2.45, 2.75) is 19.4 Å². The van der Waals surface area contributed by atoms with Gasteiger partial charge in [-0.25, -0.2) is 0 Å². The fourth-order valence-corrected chi connectivity index (χ4v) is 4.03. The average molecular weight is 379 g/mol. The van der Waals surface area contributed by atoms with Crippen LogP contribution in [0.3, 0.4) is 0 Å². The summed E-state index contributed by atoms with van der Waals surface area (Å²) in [5, 5.41) is 6.94. The number of hydrogen-bond acceptors (Lipinski definition) is 2. The fourth-order valence-electron chi connectivity index (χ4n) is 1.99. The normalized spacial score (nSPS) is 12.6. The summed E-state index contributed by atoms with van der Waals surface area (Å²) in [7, 11) is 0. The first kappa shape index (κ1) is 15.3. The minimum Gasteiger partial charge on any atom is -0.310 e. The van der Waals surface area contributed by atoms with E-state index in [1.807, 2.05) is 12.1 Å². The van der Waals surface area contributed by atoms with E-state index >= 15 is 0 Å². The Hall–Kier alpha value is -0.0600. The van der Waals surface area contributed by atoms with Gasteiger partial charge in [-0.15, -0.1) is 11.3 Å². The Morgan fingerprint density at radius 2 is 1.89 bits per heavy atom. The van der Waals surface area contributed by atoms with Crippen molar-refractivity contribution in [3.63, 3.8) is 0 Å². The standard InChI is InChI=1S/C14H14BrCl2NS/c1-2-18-14(7-13-5-10(15)8-19-13)9-3-11(16)6-12(17)4-9/h3-6,8,14,18H,2,7H2,1H3. The molecule has 0 aliphatic carbocycles. The largest absolute Gasteiger partial charge is 0.310 e. The minimum absolute atomic E-state index is 0.228. The lowest BCUT2D eigenvalue weighted by Gasteiger charge is -2.18. The van der Waals surface area contributed by atoms with Crippen LogP contribution in [-0.2, 0) is 6.42 Å². The minimum atomic E-state index is 0.228. The van der Waals surface area contributed by atoms with Gasteiger partial charge < -0.3 is 5.32 Å². The predicted octanol–water partition coefficient (Wildman–Crippen LogP) is 5.71. The van der Waals surface area contributed by atoms with Crippen molar-refractivity contribution in [1.29, 1.82) is 0 Å². The zero-order chi connectivity index (χ0) is 13.8. The molecule has 1 atom stereocenters. The van der Waals surface area contributed by atoms with Gasteiger partial charge in [0.15, 0.2) is 0 Å². The molecule has 2 aromatic rings. The van der Waals surface area contributed by atoms with E-state index in [9.17, 15) is 0 Å². The number of likely N-dealkylation sites (N-methyl/N-ethyl adjacent to an activating group) is 1. The van der Waals surface area contributed by atoms with E-state index in [0.717, 1.165) is 23.0 Å². The van der Waals surface area contributed by atoms with Crippen LogP contribution in [0.2, 0.25) is 10.0 Å². The molecule has 0 bridgehead atoms. The number of thiophene rings is 1. The maximum Gasteiger partial charge on any atom is 0.0424 e. The molecule has 1 N–H and O–H groups in total. The zero-order valence-corrected chi connectivity index (χ0v) is 14.3. The average Bonchev–Trinajstić information content (AvgIpc) is 2.73. The lowest BCUT2D eigenvalue weighted by molar-refractivity contribution is 0.553. The van der Waals surface area contributed by atoms with E-state index < -0.39 is 0 Å². The number of benzene rings is 1. The molecule has 1 nitrogen and oxygen atoms in total. The molecule has 0 fully saturated rings. The Balaban J connectivity index is 2.23. The summed E-state index contributed by atoms with van der Waals surface area (Å²) in [5.41, 5.74) is 1.13. The second kappa shape index (κ2) is 7.09. The van der Waals surface area contributed by atoms with Gasteiger partial charge in [0.05, 0.1) is 0 Å². The number of rotatable bonds is 5. The summed E-state index contributed by atoms with van der Waals surface area (Å²) in [4.78, 5) is 1.33. The molecule has 0 aliphatic rings. The van der Waals surface area contributed by atoms with Gasteiger partial charge >= 0.3 is 0 Å². The van der Waals surface area contributed by atoms with Crippen molar-refractivity contribution in [2.75, 3.05) is 6.54 Å². The molecule has 0 saturated carbocycles. The Kier molecular flexibility index (Phi) is 5.72. The first-order chi connectivity index (χ1) is 9.08. The van der Waals surface area contributed by atoms with Crippen LogP contribution in [0.5, 0.6) is 0 Å². The third-order valence-corrected chi connectivity index (χ3v) is 4.92. The van der Waals surface area contributed by atoms with Crippen LogP contribution in [0.1, 0.15) is 23.4 Å². The van der Waals surface area contributed by atoms with Crippen molar-refractivity contribution in [2.24, 2.45) is 0 Å². The van der Waals surface area contributed by atoms with Crippen LogP contribution in [0.15, 0.2) is 34.1 Å². The van der Waals surface area contributed by atoms with Crippen molar-refractivity contribution >= 4 is 50.5 Å². The van der Waals surface area contributed by atoms with E-state index in [4.69, 9.17) is 23.2 Å². The van der Waals surface area contributed by atoms with Crippen molar-refractivity contribution in [1.82, 2.24) is 5.32 Å². The van der Waals surface area contributed by atoms with Crippen molar-refractivity contribution in [3.8, 4) is 0 Å². The quantitative estimate of drug-likeness (QED) is 0.702. The topological polar surface area (TPSA) is 12.0 Å². The number of hydrogen-bond donors (Lipinski definition) is 1. The summed E-state index contributed by atoms with van der Waals surface area (Å²) in [6, 6.07) is 8.09. The lowest BCUT2D eigenvalue weighted by Crippen LogP contribution is -2.22. The zero-order valence-electron chi connectivity index (χ0n) is 10.4. The van der Waals surface area contributed by atoms with Gasteiger partial charge in [-0.05, 0) is 52.3 Å². The highest BCUT2D eigenvalue weighted by Gasteiger charge is 2.13. The molecule has 1 heterocycles. The van der Waals surface area contributed by atoms with Crippen LogP contribution in [0.4, 0.5) is 0 Å². The molecule has 19 heavy (non-hydrogen) atoms. The molecular weight excluding hydrogens is 365 g/mol. The Bertz CT molecular complexity index is 536. The van der Waals surface area contributed by atoms with Crippen LogP contribution < -0.4 is 5.32 Å². The highest BCUT2D eigenvalue weighted by atomic mass is 79.9. The molecule has 0 spiro atoms. The van der Waals surface area contributed by atoms with Crippen molar-refractivity contribution < 1.29 is 0 Å². The van der Waals surface area contributed by atoms with E-state index in [2.05, 4.69) is 39.6 Å². The molecule has 5 heteroatoms. The molecule has 1 aromatic carbocycles. The molecule has 0 radical (unpaired) electrons. The van der Waals surface area contributed by atoms with Crippen LogP contribution in [0.25, 0.3) is 0 Å². The van der Waals surface area contributed by atoms with Gasteiger partial charge in [-0.2, -0.15) is 0 Å². The maximum absolute atomic E-state index is 6.08. The SMILES string of the molecule is CCNC(Cc1cc(Br)cs1)c1cc(Cl)cc(Cl)c1. The smallest absolute Gasteiger partial charge is 0.0424 e. The van der Waals surface area contributed by atoms with E-state index in [-0.39, 0.29) is 6.04 Å². The van der Waals surface area contributed by atoms with E-state index in [0.29, 0.717) is 10.0 Å². The number of halogens is 3. The lowest BCUT2D eigenvalue weighted by atomic mass is 10.0. The fraction of sp³-hybridized carbons (Fsp3) is 0.286. The van der Waals surface area contributed by atoms with Gasteiger partial charge in [0, 0.05) is 37.2 Å². The summed E-state index contributed by atoms with van der Waals surface area (Å²) in [6.07, 6.45) is 0.931. The molecular formula is C14H14BrCl2NS. The molecule has 102 valence electrons. The Morgan fingerprint density at radius 1 is 1.21 bits per heavy atom. The van der Waals surface area contributed by atoms with Crippen LogP contribution in [0, 0.1) is 0 Å². The van der Waals surface area contributed by atoms with Gasteiger partial charge in [0.2, 0.25) is 0 Å². The van der Waals surface area contributed by atoms with Gasteiger partial charge in [-0.1, -0.05) is 30.1 Å². The Labute approximate surface area is 136 Å². The maximum atomic E-state index is 6.08. The van der Waals surface area contributed by atoms with Gasteiger partial charge in [0.25, 0.3) is 0 Å². The number of nitrogens with one attached hydrogen (secondary N) is 1. The molecule has 2 rings (SSSR count). The third-order valence-electron chi connectivity index (χ3n) is 2.76. The first-order valence-corrected chi connectivity index (χ1v) is 8.43. The molecule has 1 aromatic heterocycles. The van der Waals surface area contributed by atoms with Crippen LogP contribution >= 0.6 is 50.5 Å². The van der Waals surface area contributed by atoms with E-state index in [1.54, 1.807) is 17.4 Å². The summed E-state index contributed by atoms with van der Waals surface area (Å²) >= 11 is 17.4. The molecule has 0 amide bonds. The third kappa shape index (κ3) is 4.47. The van der Waals surface area contributed by atoms with Crippen LogP contribution in [-0.4, -0.2) is 6.54 Å². The molecule has 0 saturated heterocycles. The predicted molar refractivity (Wildman–Crippen MR) is 88.6 cm³/mol. The monoisotopic (exact) mass is 377 g/mol. The summed E-state index contributed by atoms with van der Waals surface area (Å²) in [6.45, 7) is 3.00. The highest BCUT2D eigenvalue weighted by Crippen LogP contribution is 2.28. The molecule has 0 aliphatic heterocycles. The molecule has 1 unspecified atom stereocenters. The summed E-state index contributed by atoms with van der Waals surface area (Å²) < 4.78 is 1.13. The van der Waals surface area contributed by atoms with Gasteiger partial charge in [0.1, 0.15) is 0 Å². The summed E-state index contributed by atoms with van der Waals surface area (Å²) in [5.74, 6) is 0. The first-order valence-electron chi connectivity index (χ1n) is 6.00.